The van der Waals surface area contributed by atoms with Crippen molar-refractivity contribution in [3.63, 3.8) is 0 Å². The maximum Gasteiger partial charge on any atom is 0.232 e. The van der Waals surface area contributed by atoms with Gasteiger partial charge in [-0.15, -0.1) is 11.8 Å². The molecule has 0 saturated heterocycles. The standard InChI is InChI=1S/C25H33NO4S2/c1-24(2)21-16-26(32(6,27)28)19-14-17(29-4)15-20(30-5)23(19)25(21,3)13-12-22(24)31-18-10-8-7-9-11-18/h7-11,14-15,21-22H,12-13,16H2,1-6H3. The van der Waals surface area contributed by atoms with Crippen molar-refractivity contribution in [3.05, 3.63) is 48.0 Å². The monoisotopic (exact) mass is 475 g/mol. The molecule has 0 N–H and O–H groups in total. The molecule has 1 heterocycles. The van der Waals surface area contributed by atoms with E-state index in [1.807, 2.05) is 30.0 Å². The average Bonchev–Trinajstić information content (AvgIpc) is 2.74. The number of rotatable bonds is 5. The normalized spacial score (nSPS) is 26.8. The van der Waals surface area contributed by atoms with Crippen molar-refractivity contribution in [1.82, 2.24) is 0 Å². The second-order valence-corrected chi connectivity index (χ2v) is 13.0. The molecule has 2 aromatic carbocycles. The fourth-order valence-electron chi connectivity index (χ4n) is 5.84. The summed E-state index contributed by atoms with van der Waals surface area (Å²) < 4.78 is 38.8. The van der Waals surface area contributed by atoms with Gasteiger partial charge in [-0.2, -0.15) is 0 Å². The minimum Gasteiger partial charge on any atom is -0.497 e. The summed E-state index contributed by atoms with van der Waals surface area (Å²) in [5, 5.41) is 0.384. The summed E-state index contributed by atoms with van der Waals surface area (Å²) in [7, 11) is -0.238. The Morgan fingerprint density at radius 3 is 2.34 bits per heavy atom. The van der Waals surface area contributed by atoms with Crippen molar-refractivity contribution in [2.75, 3.05) is 31.3 Å². The summed E-state index contributed by atoms with van der Waals surface area (Å²) >= 11 is 1.91. The van der Waals surface area contributed by atoms with Crippen LogP contribution in [0.4, 0.5) is 5.69 Å². The summed E-state index contributed by atoms with van der Waals surface area (Å²) in [5.41, 5.74) is 1.37. The van der Waals surface area contributed by atoms with E-state index < -0.39 is 10.0 Å². The quantitative estimate of drug-likeness (QED) is 0.584. The summed E-state index contributed by atoms with van der Waals surface area (Å²) in [6, 6.07) is 14.2. The molecule has 0 bridgehead atoms. The minimum absolute atomic E-state index is 0.0981. The minimum atomic E-state index is -3.48. The van der Waals surface area contributed by atoms with Gasteiger partial charge in [0.2, 0.25) is 10.0 Å². The summed E-state index contributed by atoms with van der Waals surface area (Å²) in [6.07, 6.45) is 3.31. The van der Waals surface area contributed by atoms with Gasteiger partial charge in [0, 0.05) is 39.8 Å². The third-order valence-corrected chi connectivity index (χ3v) is 10.4. The molecule has 2 aromatic rings. The number of thioether (sulfide) groups is 1. The topological polar surface area (TPSA) is 55.8 Å². The van der Waals surface area contributed by atoms with Crippen molar-refractivity contribution in [2.45, 2.75) is 49.2 Å². The maximum atomic E-state index is 12.9. The fraction of sp³-hybridized carbons (Fsp3) is 0.520. The van der Waals surface area contributed by atoms with Crippen molar-refractivity contribution in [1.29, 1.82) is 0 Å². The van der Waals surface area contributed by atoms with Crippen LogP contribution in [0.15, 0.2) is 47.4 Å². The molecule has 1 aliphatic heterocycles. The highest BCUT2D eigenvalue weighted by molar-refractivity contribution is 8.00. The van der Waals surface area contributed by atoms with Crippen LogP contribution in [0.25, 0.3) is 0 Å². The average molecular weight is 476 g/mol. The third kappa shape index (κ3) is 3.77. The molecule has 1 saturated carbocycles. The number of methoxy groups -OCH3 is 2. The molecule has 0 amide bonds. The van der Waals surface area contributed by atoms with Crippen molar-refractivity contribution in [3.8, 4) is 11.5 Å². The van der Waals surface area contributed by atoms with Gasteiger partial charge < -0.3 is 9.47 Å². The third-order valence-electron chi connectivity index (χ3n) is 7.54. The van der Waals surface area contributed by atoms with Crippen molar-refractivity contribution >= 4 is 27.5 Å². The molecular weight excluding hydrogens is 442 g/mol. The zero-order valence-corrected chi connectivity index (χ0v) is 21.3. The van der Waals surface area contributed by atoms with Gasteiger partial charge in [-0.3, -0.25) is 4.31 Å². The van der Waals surface area contributed by atoms with Crippen molar-refractivity contribution < 1.29 is 17.9 Å². The van der Waals surface area contributed by atoms with E-state index in [4.69, 9.17) is 9.47 Å². The van der Waals surface area contributed by atoms with Crippen molar-refractivity contribution in [2.24, 2.45) is 11.3 Å². The highest BCUT2D eigenvalue weighted by Gasteiger charge is 2.57. The zero-order chi connectivity index (χ0) is 23.3. The Morgan fingerprint density at radius 2 is 1.75 bits per heavy atom. The second kappa shape index (κ2) is 8.17. The van der Waals surface area contributed by atoms with Gasteiger partial charge in [0.1, 0.15) is 11.5 Å². The Hall–Kier alpha value is -1.86. The lowest BCUT2D eigenvalue weighted by Gasteiger charge is -2.58. The largest absolute Gasteiger partial charge is 0.497 e. The van der Waals surface area contributed by atoms with Crippen LogP contribution >= 0.6 is 11.8 Å². The SMILES string of the molecule is COc1cc(OC)c2c(c1)N(S(C)(=O)=O)CC1C2(C)CCC(Sc2ccccc2)C1(C)C. The number of benzene rings is 2. The van der Waals surface area contributed by atoms with E-state index in [9.17, 15) is 8.42 Å². The second-order valence-electron chi connectivity index (χ2n) is 9.77. The van der Waals surface area contributed by atoms with E-state index in [1.165, 1.54) is 11.2 Å². The van der Waals surface area contributed by atoms with Crippen LogP contribution in [0.1, 0.15) is 39.2 Å². The number of ether oxygens (including phenoxy) is 2. The van der Waals surface area contributed by atoms with E-state index in [-0.39, 0.29) is 16.7 Å². The van der Waals surface area contributed by atoms with Gasteiger partial charge in [0.05, 0.1) is 26.2 Å². The number of anilines is 1. The van der Waals surface area contributed by atoms with Crippen LogP contribution in [0, 0.1) is 11.3 Å². The first kappa shape index (κ1) is 23.3. The van der Waals surface area contributed by atoms with Gasteiger partial charge >= 0.3 is 0 Å². The molecule has 0 aromatic heterocycles. The van der Waals surface area contributed by atoms with Crippen LogP contribution in [-0.4, -0.2) is 40.7 Å². The van der Waals surface area contributed by atoms with Gasteiger partial charge in [0.15, 0.2) is 0 Å². The Morgan fingerprint density at radius 1 is 1.06 bits per heavy atom. The molecule has 32 heavy (non-hydrogen) atoms. The van der Waals surface area contributed by atoms with Crippen LogP contribution < -0.4 is 13.8 Å². The molecule has 5 nitrogen and oxygen atoms in total. The first-order chi connectivity index (χ1) is 15.0. The molecule has 3 atom stereocenters. The molecule has 2 aliphatic rings. The Labute approximate surface area is 196 Å². The van der Waals surface area contributed by atoms with E-state index in [0.29, 0.717) is 29.0 Å². The number of nitrogens with zero attached hydrogens (tertiary/aromatic N) is 1. The molecule has 1 aliphatic carbocycles. The Balaban J connectivity index is 1.85. The van der Waals surface area contributed by atoms with Gasteiger partial charge in [0.25, 0.3) is 0 Å². The molecule has 7 heteroatoms. The lowest BCUT2D eigenvalue weighted by molar-refractivity contribution is 0.0632. The molecule has 1 fully saturated rings. The van der Waals surface area contributed by atoms with Gasteiger partial charge in [-0.05, 0) is 36.3 Å². The van der Waals surface area contributed by atoms with E-state index in [0.717, 1.165) is 18.4 Å². The Kier molecular flexibility index (Phi) is 5.95. The molecular formula is C25H33NO4S2. The zero-order valence-electron chi connectivity index (χ0n) is 19.7. The fourth-order valence-corrected chi connectivity index (χ4v) is 8.10. The van der Waals surface area contributed by atoms with Crippen LogP contribution in [0.3, 0.4) is 0 Å². The maximum absolute atomic E-state index is 12.9. The summed E-state index contributed by atoms with van der Waals surface area (Å²) in [5.74, 6) is 1.43. The predicted octanol–water partition coefficient (Wildman–Crippen LogP) is 5.34. The molecule has 4 rings (SSSR count). The highest BCUT2D eigenvalue weighted by atomic mass is 32.2. The van der Waals surface area contributed by atoms with Crippen LogP contribution in [0.2, 0.25) is 0 Å². The number of sulfonamides is 1. The van der Waals surface area contributed by atoms with Gasteiger partial charge in [-0.1, -0.05) is 39.0 Å². The highest BCUT2D eigenvalue weighted by Crippen LogP contribution is 2.62. The number of hydrogen-bond acceptors (Lipinski definition) is 5. The molecule has 174 valence electrons. The number of hydrogen-bond donors (Lipinski definition) is 0. The van der Waals surface area contributed by atoms with Gasteiger partial charge in [-0.25, -0.2) is 8.42 Å². The lowest BCUT2D eigenvalue weighted by Crippen LogP contribution is -2.59. The van der Waals surface area contributed by atoms with E-state index in [2.05, 4.69) is 45.0 Å². The first-order valence-electron chi connectivity index (χ1n) is 11.0. The molecule has 0 spiro atoms. The number of fused-ring (bicyclic) bond motifs is 3. The lowest BCUT2D eigenvalue weighted by atomic mass is 9.52. The smallest absolute Gasteiger partial charge is 0.232 e. The van der Waals surface area contributed by atoms with E-state index in [1.54, 1.807) is 18.5 Å². The van der Waals surface area contributed by atoms with Crippen LogP contribution in [0.5, 0.6) is 11.5 Å². The summed E-state index contributed by atoms with van der Waals surface area (Å²) in [4.78, 5) is 1.26. The molecule has 3 unspecified atom stereocenters. The Bertz CT molecular complexity index is 1100. The predicted molar refractivity (Wildman–Crippen MR) is 132 cm³/mol. The first-order valence-corrected chi connectivity index (χ1v) is 13.7. The van der Waals surface area contributed by atoms with E-state index >= 15 is 0 Å². The van der Waals surface area contributed by atoms with Crippen LogP contribution in [-0.2, 0) is 15.4 Å². The summed E-state index contributed by atoms with van der Waals surface area (Å²) in [6.45, 7) is 7.35. The molecule has 0 radical (unpaired) electrons.